The highest BCUT2D eigenvalue weighted by molar-refractivity contribution is 5.87. The first-order valence-corrected chi connectivity index (χ1v) is 19.1. The summed E-state index contributed by atoms with van der Waals surface area (Å²) in [5, 5.41) is 0. The summed E-state index contributed by atoms with van der Waals surface area (Å²) in [5.74, 6) is 2.17. The van der Waals surface area contributed by atoms with Crippen LogP contribution in [0.1, 0.15) is 180 Å². The van der Waals surface area contributed by atoms with Crippen molar-refractivity contribution in [3.63, 3.8) is 0 Å². The lowest BCUT2D eigenvalue weighted by atomic mass is 9.49. The van der Waals surface area contributed by atoms with Crippen LogP contribution in [-0.4, -0.2) is 11.9 Å². The molecule has 2 saturated carbocycles. The molecule has 4 nitrogen and oxygen atoms in total. The van der Waals surface area contributed by atoms with Gasteiger partial charge in [0.2, 0.25) is 0 Å². The van der Waals surface area contributed by atoms with Crippen molar-refractivity contribution >= 4 is 11.9 Å². The van der Waals surface area contributed by atoms with Crippen molar-refractivity contribution in [1.29, 1.82) is 0 Å². The van der Waals surface area contributed by atoms with Gasteiger partial charge in [-0.2, -0.15) is 0 Å². The molecule has 0 heterocycles. The Morgan fingerprint density at radius 3 is 1.29 bits per heavy atom. The molecule has 6 rings (SSSR count). The molecule has 0 radical (unpaired) electrons. The van der Waals surface area contributed by atoms with Gasteiger partial charge in [-0.3, -0.25) is 9.59 Å². The molecule has 2 aromatic carbocycles. The smallest absolute Gasteiger partial charge is 0.308 e. The normalized spacial score (nSPS) is 28.6. The molecule has 0 unspecified atom stereocenters. The molecule has 0 amide bonds. The summed E-state index contributed by atoms with van der Waals surface area (Å²) < 4.78 is 12.7. The van der Waals surface area contributed by atoms with Gasteiger partial charge >= 0.3 is 11.9 Å². The molecule has 2 fully saturated rings. The van der Waals surface area contributed by atoms with Crippen LogP contribution < -0.4 is 9.47 Å². The fourth-order valence-electron chi connectivity index (χ4n) is 12.0. The van der Waals surface area contributed by atoms with Crippen molar-refractivity contribution in [3.05, 3.63) is 45.5 Å². The third-order valence-corrected chi connectivity index (χ3v) is 13.8. The monoisotopic (exact) mass is 654 g/mol. The standard InChI is InChI=1S/C44H62O4/c1-25(2)37-29-15-17-35-41(7,8)19-13-21-43(35,11)33(29)23-31(39(37)47-27(5)45)32-24-34-30(38(26(3)4)40(32)48-28(6)46)16-18-36-42(9,10)20-14-22-44(34,36)12/h23-26,35-36H,13-22H2,1-12H3/t35-,36-,43+,44+/m0/s1. The highest BCUT2D eigenvalue weighted by atomic mass is 16.5. The van der Waals surface area contributed by atoms with E-state index in [-0.39, 0.29) is 45.4 Å². The van der Waals surface area contributed by atoms with Crippen LogP contribution in [-0.2, 0) is 33.3 Å². The molecule has 0 aromatic heterocycles. The number of carbonyl (C=O) groups is 2. The van der Waals surface area contributed by atoms with E-state index in [1.165, 1.54) is 61.8 Å². The van der Waals surface area contributed by atoms with Crippen LogP contribution in [0.15, 0.2) is 12.1 Å². The first kappa shape index (κ1) is 35.2. The van der Waals surface area contributed by atoms with Gasteiger partial charge in [-0.1, -0.05) is 82.1 Å². The van der Waals surface area contributed by atoms with Crippen LogP contribution in [0.2, 0.25) is 0 Å². The molecule has 4 aliphatic carbocycles. The Morgan fingerprint density at radius 1 is 0.625 bits per heavy atom. The van der Waals surface area contributed by atoms with Gasteiger partial charge in [-0.15, -0.1) is 0 Å². The third kappa shape index (κ3) is 5.47. The molecule has 0 spiro atoms. The van der Waals surface area contributed by atoms with Crippen LogP contribution in [0.25, 0.3) is 11.1 Å². The van der Waals surface area contributed by atoms with Crippen LogP contribution in [0, 0.1) is 22.7 Å². The van der Waals surface area contributed by atoms with Crippen molar-refractivity contribution in [1.82, 2.24) is 0 Å². The number of ether oxygens (including phenoxy) is 2. The minimum absolute atomic E-state index is 0.0175. The Labute approximate surface area is 291 Å². The zero-order valence-corrected chi connectivity index (χ0v) is 32.2. The number of esters is 2. The number of hydrogen-bond donors (Lipinski definition) is 0. The molecule has 0 bridgehead atoms. The molecule has 262 valence electrons. The molecule has 2 aromatic rings. The van der Waals surface area contributed by atoms with Crippen LogP contribution in [0.5, 0.6) is 11.5 Å². The van der Waals surface area contributed by atoms with E-state index in [1.807, 2.05) is 0 Å². The van der Waals surface area contributed by atoms with E-state index in [9.17, 15) is 9.59 Å². The van der Waals surface area contributed by atoms with Crippen molar-refractivity contribution in [2.45, 2.75) is 170 Å². The average molecular weight is 655 g/mol. The third-order valence-electron chi connectivity index (χ3n) is 13.8. The topological polar surface area (TPSA) is 52.6 Å². The highest BCUT2D eigenvalue weighted by Gasteiger charge is 2.52. The van der Waals surface area contributed by atoms with Gasteiger partial charge in [-0.25, -0.2) is 0 Å². The number of rotatable bonds is 5. The van der Waals surface area contributed by atoms with Gasteiger partial charge in [0.05, 0.1) is 0 Å². The summed E-state index contributed by atoms with van der Waals surface area (Å²) in [6.45, 7) is 26.9. The van der Waals surface area contributed by atoms with E-state index in [1.54, 1.807) is 0 Å². The molecule has 0 aliphatic heterocycles. The van der Waals surface area contributed by atoms with Crippen molar-refractivity contribution in [2.75, 3.05) is 0 Å². The van der Waals surface area contributed by atoms with Crippen LogP contribution >= 0.6 is 0 Å². The van der Waals surface area contributed by atoms with E-state index in [0.29, 0.717) is 23.3 Å². The van der Waals surface area contributed by atoms with Crippen LogP contribution in [0.3, 0.4) is 0 Å². The predicted octanol–water partition coefficient (Wildman–Crippen LogP) is 11.5. The van der Waals surface area contributed by atoms with E-state index in [4.69, 9.17) is 9.47 Å². The van der Waals surface area contributed by atoms with Gasteiger partial charge in [0.1, 0.15) is 11.5 Å². The number of hydrogen-bond acceptors (Lipinski definition) is 4. The van der Waals surface area contributed by atoms with E-state index < -0.39 is 0 Å². The Hall–Kier alpha value is -2.62. The Morgan fingerprint density at radius 2 is 0.979 bits per heavy atom. The molecule has 4 heteroatoms. The second-order valence-electron chi connectivity index (χ2n) is 18.6. The summed E-state index contributed by atoms with van der Waals surface area (Å²) in [4.78, 5) is 26.0. The molecule has 4 aliphatic rings. The van der Waals surface area contributed by atoms with Gasteiger partial charge in [-0.05, 0) is 131 Å². The maximum absolute atomic E-state index is 13.0. The minimum Gasteiger partial charge on any atom is -0.426 e. The second-order valence-corrected chi connectivity index (χ2v) is 18.6. The Kier molecular flexibility index (Phi) is 8.81. The lowest BCUT2D eigenvalue weighted by molar-refractivity contribution is -0.133. The Balaban J connectivity index is 1.74. The van der Waals surface area contributed by atoms with E-state index in [2.05, 4.69) is 81.4 Å². The maximum Gasteiger partial charge on any atom is 0.308 e. The van der Waals surface area contributed by atoms with Gasteiger partial charge < -0.3 is 9.47 Å². The lowest BCUT2D eigenvalue weighted by Gasteiger charge is -2.55. The molecular weight excluding hydrogens is 592 g/mol. The number of fused-ring (bicyclic) bond motifs is 6. The molecular formula is C44H62O4. The predicted molar refractivity (Wildman–Crippen MR) is 196 cm³/mol. The summed E-state index contributed by atoms with van der Waals surface area (Å²) >= 11 is 0. The summed E-state index contributed by atoms with van der Waals surface area (Å²) in [6, 6.07) is 4.78. The zero-order chi connectivity index (χ0) is 35.1. The fourth-order valence-corrected chi connectivity index (χ4v) is 12.0. The van der Waals surface area contributed by atoms with Gasteiger partial charge in [0, 0.05) is 36.1 Å². The quantitative estimate of drug-likeness (QED) is 0.238. The summed E-state index contributed by atoms with van der Waals surface area (Å²) in [7, 11) is 0. The van der Waals surface area contributed by atoms with Crippen molar-refractivity contribution in [3.8, 4) is 22.6 Å². The number of benzene rings is 2. The molecule has 48 heavy (non-hydrogen) atoms. The Bertz CT molecular complexity index is 1520. The fraction of sp³-hybridized carbons (Fsp3) is 0.682. The first-order valence-electron chi connectivity index (χ1n) is 19.1. The maximum atomic E-state index is 13.0. The van der Waals surface area contributed by atoms with Gasteiger partial charge in [0.25, 0.3) is 0 Å². The average Bonchev–Trinajstić information content (AvgIpc) is 2.94. The van der Waals surface area contributed by atoms with Crippen LogP contribution in [0.4, 0.5) is 0 Å². The van der Waals surface area contributed by atoms with Gasteiger partial charge in [0.15, 0.2) is 0 Å². The minimum atomic E-state index is -0.311. The number of carbonyl (C=O) groups excluding carboxylic acids is 2. The molecule has 0 saturated heterocycles. The SMILES string of the molecule is CC(=O)Oc1c(-c2cc3c(c(C(C)C)c2OC(C)=O)CC[C@H]2C(C)(C)CCC[C@]32C)cc2c(c1C(C)C)CC[C@H]1C(C)(C)CCC[C@]21C. The second kappa shape index (κ2) is 12.0. The highest BCUT2D eigenvalue weighted by Crippen LogP contribution is 2.62. The lowest BCUT2D eigenvalue weighted by Crippen LogP contribution is -2.48. The molecule has 0 N–H and O–H groups in total. The first-order chi connectivity index (χ1) is 22.3. The van der Waals surface area contributed by atoms with E-state index in [0.717, 1.165) is 60.8 Å². The molecule has 4 atom stereocenters. The van der Waals surface area contributed by atoms with Crippen molar-refractivity contribution in [2.24, 2.45) is 22.7 Å². The van der Waals surface area contributed by atoms with Crippen molar-refractivity contribution < 1.29 is 19.1 Å². The van der Waals surface area contributed by atoms with E-state index >= 15 is 0 Å². The zero-order valence-electron chi connectivity index (χ0n) is 32.2. The summed E-state index contributed by atoms with van der Waals surface area (Å²) in [5.41, 5.74) is 10.3. The largest absolute Gasteiger partial charge is 0.426 e. The summed E-state index contributed by atoms with van der Waals surface area (Å²) in [6.07, 6.45) is 11.5.